The number of nitrogens with one attached hydrogen (secondary N) is 1. The summed E-state index contributed by atoms with van der Waals surface area (Å²) in [5.74, 6) is 0. The molecule has 1 aromatic heterocycles. The number of hydrogen-bond donors (Lipinski definition) is 1. The van der Waals surface area contributed by atoms with Gasteiger partial charge in [-0.05, 0) is 12.8 Å². The first-order valence-corrected chi connectivity index (χ1v) is 6.51. The number of aromatic nitrogens is 2. The van der Waals surface area contributed by atoms with E-state index in [-0.39, 0.29) is 10.7 Å². The van der Waals surface area contributed by atoms with Crippen LogP contribution in [0, 0.1) is 0 Å². The zero-order valence-electron chi connectivity index (χ0n) is 10.4. The third-order valence-electron chi connectivity index (χ3n) is 2.82. The van der Waals surface area contributed by atoms with Gasteiger partial charge in [-0.1, -0.05) is 44.7 Å². The van der Waals surface area contributed by atoms with E-state index in [4.69, 9.17) is 11.6 Å². The standard InChI is InChI=1S/C12H19ClN2O2/c1-3-5-6-7-8-15-11(16)9(4-2)10(13)14-12(15)17/h3-8H2,1-2H3,(H,14,17). The predicted octanol–water partition coefficient (Wildman–Crippen LogP) is 2.33. The normalized spacial score (nSPS) is 10.8. The monoisotopic (exact) mass is 258 g/mol. The van der Waals surface area contributed by atoms with Crippen LogP contribution >= 0.6 is 11.6 Å². The molecule has 0 saturated carbocycles. The van der Waals surface area contributed by atoms with Crippen molar-refractivity contribution in [1.29, 1.82) is 0 Å². The summed E-state index contributed by atoms with van der Waals surface area (Å²) < 4.78 is 1.25. The van der Waals surface area contributed by atoms with Crippen LogP contribution in [-0.2, 0) is 13.0 Å². The molecule has 0 radical (unpaired) electrons. The molecule has 0 amide bonds. The van der Waals surface area contributed by atoms with Gasteiger partial charge < -0.3 is 0 Å². The van der Waals surface area contributed by atoms with Crippen molar-refractivity contribution in [1.82, 2.24) is 9.55 Å². The molecule has 0 unspecified atom stereocenters. The van der Waals surface area contributed by atoms with Crippen LogP contribution in [0.4, 0.5) is 0 Å². The Morgan fingerprint density at radius 2 is 1.88 bits per heavy atom. The fourth-order valence-electron chi connectivity index (χ4n) is 1.79. The van der Waals surface area contributed by atoms with Gasteiger partial charge >= 0.3 is 5.69 Å². The Morgan fingerprint density at radius 1 is 1.18 bits per heavy atom. The van der Waals surface area contributed by atoms with E-state index in [1.54, 1.807) is 0 Å². The second kappa shape index (κ2) is 6.64. The summed E-state index contributed by atoms with van der Waals surface area (Å²) in [7, 11) is 0. The van der Waals surface area contributed by atoms with Gasteiger partial charge in [0.1, 0.15) is 5.15 Å². The number of halogens is 1. The highest BCUT2D eigenvalue weighted by Crippen LogP contribution is 2.06. The van der Waals surface area contributed by atoms with E-state index < -0.39 is 5.69 Å². The van der Waals surface area contributed by atoms with E-state index in [9.17, 15) is 9.59 Å². The molecule has 0 aliphatic carbocycles. The number of rotatable bonds is 6. The van der Waals surface area contributed by atoms with E-state index in [0.29, 0.717) is 18.5 Å². The number of hydrogen-bond acceptors (Lipinski definition) is 2. The molecule has 0 bridgehead atoms. The summed E-state index contributed by atoms with van der Waals surface area (Å²) in [6.07, 6.45) is 4.67. The molecule has 0 aliphatic rings. The fourth-order valence-corrected chi connectivity index (χ4v) is 2.09. The first kappa shape index (κ1) is 14.0. The lowest BCUT2D eigenvalue weighted by atomic mass is 10.2. The lowest BCUT2D eigenvalue weighted by molar-refractivity contribution is 0.546. The largest absolute Gasteiger partial charge is 0.329 e. The molecular formula is C12H19ClN2O2. The first-order valence-electron chi connectivity index (χ1n) is 6.13. The maximum atomic E-state index is 12.0. The van der Waals surface area contributed by atoms with Crippen molar-refractivity contribution in [3.63, 3.8) is 0 Å². The summed E-state index contributed by atoms with van der Waals surface area (Å²) >= 11 is 5.82. The van der Waals surface area contributed by atoms with Gasteiger partial charge in [-0.2, -0.15) is 0 Å². The molecule has 1 aromatic rings. The molecule has 1 N–H and O–H groups in total. The maximum Gasteiger partial charge on any atom is 0.329 e. The van der Waals surface area contributed by atoms with Crippen LogP contribution in [0.3, 0.4) is 0 Å². The zero-order chi connectivity index (χ0) is 12.8. The minimum atomic E-state index is -0.409. The summed E-state index contributed by atoms with van der Waals surface area (Å²) in [6, 6.07) is 0. The van der Waals surface area contributed by atoms with Crippen LogP contribution in [-0.4, -0.2) is 9.55 Å². The predicted molar refractivity (Wildman–Crippen MR) is 69.9 cm³/mol. The van der Waals surface area contributed by atoms with Gasteiger partial charge in [0.15, 0.2) is 0 Å². The molecule has 0 atom stereocenters. The van der Waals surface area contributed by atoms with Crippen molar-refractivity contribution in [3.05, 3.63) is 31.6 Å². The van der Waals surface area contributed by atoms with Crippen molar-refractivity contribution >= 4 is 11.6 Å². The van der Waals surface area contributed by atoms with Crippen molar-refractivity contribution in [2.24, 2.45) is 0 Å². The lowest BCUT2D eigenvalue weighted by Crippen LogP contribution is -2.37. The quantitative estimate of drug-likeness (QED) is 0.629. The Balaban J connectivity index is 2.92. The lowest BCUT2D eigenvalue weighted by Gasteiger charge is -2.07. The highest BCUT2D eigenvalue weighted by molar-refractivity contribution is 6.30. The average Bonchev–Trinajstić information content (AvgIpc) is 2.28. The smallest absolute Gasteiger partial charge is 0.297 e. The van der Waals surface area contributed by atoms with E-state index in [0.717, 1.165) is 25.7 Å². The molecule has 5 heteroatoms. The van der Waals surface area contributed by atoms with Gasteiger partial charge in [-0.25, -0.2) is 4.79 Å². The van der Waals surface area contributed by atoms with Crippen LogP contribution < -0.4 is 11.2 Å². The van der Waals surface area contributed by atoms with Gasteiger partial charge in [-0.3, -0.25) is 14.3 Å². The SMILES string of the molecule is CCCCCCn1c(=O)[nH]c(Cl)c(CC)c1=O. The minimum Gasteiger partial charge on any atom is -0.297 e. The molecule has 96 valence electrons. The molecule has 1 heterocycles. The molecule has 1 rings (SSSR count). The average molecular weight is 259 g/mol. The zero-order valence-corrected chi connectivity index (χ0v) is 11.1. The maximum absolute atomic E-state index is 12.0. The molecule has 0 fully saturated rings. The van der Waals surface area contributed by atoms with E-state index in [2.05, 4.69) is 11.9 Å². The Labute approximate surface area is 106 Å². The molecule has 0 aromatic carbocycles. The number of H-pyrrole nitrogens is 1. The molecule has 17 heavy (non-hydrogen) atoms. The van der Waals surface area contributed by atoms with Crippen molar-refractivity contribution in [2.45, 2.75) is 52.5 Å². The van der Waals surface area contributed by atoms with E-state index in [1.807, 2.05) is 6.92 Å². The van der Waals surface area contributed by atoms with Crippen LogP contribution in [0.1, 0.15) is 45.1 Å². The van der Waals surface area contributed by atoms with Gasteiger partial charge in [0, 0.05) is 6.54 Å². The van der Waals surface area contributed by atoms with Crippen LogP contribution in [0.2, 0.25) is 5.15 Å². The molecule has 0 aliphatic heterocycles. The third-order valence-corrected chi connectivity index (χ3v) is 3.14. The van der Waals surface area contributed by atoms with E-state index >= 15 is 0 Å². The first-order chi connectivity index (χ1) is 8.11. The van der Waals surface area contributed by atoms with Gasteiger partial charge in [-0.15, -0.1) is 0 Å². The minimum absolute atomic E-state index is 0.173. The highest BCUT2D eigenvalue weighted by Gasteiger charge is 2.10. The number of aromatic amines is 1. The van der Waals surface area contributed by atoms with Crippen LogP contribution in [0.15, 0.2) is 9.59 Å². The second-order valence-electron chi connectivity index (χ2n) is 4.09. The third kappa shape index (κ3) is 3.46. The summed E-state index contributed by atoms with van der Waals surface area (Å²) in [5, 5.41) is 0.173. The van der Waals surface area contributed by atoms with Crippen LogP contribution in [0.5, 0.6) is 0 Å². The van der Waals surface area contributed by atoms with Crippen molar-refractivity contribution < 1.29 is 0 Å². The molecule has 0 spiro atoms. The number of nitrogens with zero attached hydrogens (tertiary/aromatic N) is 1. The summed E-state index contributed by atoms with van der Waals surface area (Å²) in [6.45, 7) is 4.44. The Bertz CT molecular complexity index is 476. The van der Waals surface area contributed by atoms with Gasteiger partial charge in [0.05, 0.1) is 5.56 Å². The molecule has 4 nitrogen and oxygen atoms in total. The van der Waals surface area contributed by atoms with E-state index in [1.165, 1.54) is 4.57 Å². The molecular weight excluding hydrogens is 240 g/mol. The Hall–Kier alpha value is -1.03. The van der Waals surface area contributed by atoms with Gasteiger partial charge in [0.25, 0.3) is 5.56 Å². The Morgan fingerprint density at radius 3 is 2.47 bits per heavy atom. The second-order valence-corrected chi connectivity index (χ2v) is 4.47. The topological polar surface area (TPSA) is 54.9 Å². The van der Waals surface area contributed by atoms with Crippen molar-refractivity contribution in [3.8, 4) is 0 Å². The number of unbranched alkanes of at least 4 members (excludes halogenated alkanes) is 3. The van der Waals surface area contributed by atoms with Gasteiger partial charge in [0.2, 0.25) is 0 Å². The highest BCUT2D eigenvalue weighted by atomic mass is 35.5. The fraction of sp³-hybridized carbons (Fsp3) is 0.667. The Kier molecular flexibility index (Phi) is 5.48. The van der Waals surface area contributed by atoms with Crippen molar-refractivity contribution in [2.75, 3.05) is 0 Å². The summed E-state index contributed by atoms with van der Waals surface area (Å²) in [4.78, 5) is 26.1. The molecule has 0 saturated heterocycles. The van der Waals surface area contributed by atoms with Crippen LogP contribution in [0.25, 0.3) is 0 Å². The summed E-state index contributed by atoms with van der Waals surface area (Å²) in [5.41, 5.74) is -0.173.